The zero-order chi connectivity index (χ0) is 20.5. The fourth-order valence-corrected chi connectivity index (χ4v) is 3.75. The molecule has 4 amide bonds. The van der Waals surface area contributed by atoms with Crippen molar-refractivity contribution < 1.29 is 19.2 Å². The van der Waals surface area contributed by atoms with Crippen LogP contribution in [0, 0.1) is 0 Å². The first-order valence-electron chi connectivity index (χ1n) is 9.60. The van der Waals surface area contributed by atoms with Gasteiger partial charge in [-0.25, -0.2) is 0 Å². The monoisotopic (exact) mass is 386 g/mol. The summed E-state index contributed by atoms with van der Waals surface area (Å²) in [5.74, 6) is -1.96. The lowest BCUT2D eigenvalue weighted by atomic mass is 9.93. The Morgan fingerprint density at radius 1 is 1.25 bits per heavy atom. The largest absolute Gasteiger partial charge is 0.330 e. The van der Waals surface area contributed by atoms with E-state index in [0.29, 0.717) is 29.8 Å². The second-order valence-electron chi connectivity index (χ2n) is 7.59. The minimum atomic E-state index is -0.955. The Morgan fingerprint density at radius 2 is 2.00 bits per heavy atom. The molecule has 8 heteroatoms. The minimum absolute atomic E-state index is 0.103. The molecule has 28 heavy (non-hydrogen) atoms. The number of piperidine rings is 1. The summed E-state index contributed by atoms with van der Waals surface area (Å²) >= 11 is 0. The van der Waals surface area contributed by atoms with E-state index in [-0.39, 0.29) is 24.3 Å². The van der Waals surface area contributed by atoms with Crippen LogP contribution in [0.3, 0.4) is 0 Å². The Kier molecular flexibility index (Phi) is 5.62. The van der Waals surface area contributed by atoms with Crippen molar-refractivity contribution >= 4 is 23.6 Å². The van der Waals surface area contributed by atoms with Crippen molar-refractivity contribution in [3.05, 3.63) is 34.9 Å². The maximum atomic E-state index is 13.1. The molecule has 0 radical (unpaired) electrons. The van der Waals surface area contributed by atoms with Crippen LogP contribution in [0.2, 0.25) is 0 Å². The van der Waals surface area contributed by atoms with E-state index in [1.807, 2.05) is 6.07 Å². The van der Waals surface area contributed by atoms with Crippen LogP contribution in [0.4, 0.5) is 0 Å². The van der Waals surface area contributed by atoms with Crippen LogP contribution < -0.4 is 16.4 Å². The number of nitrogens with two attached hydrogens (primary N) is 1. The lowest BCUT2D eigenvalue weighted by Gasteiger charge is -2.30. The standard InChI is InChI=1S/C20H26N4O4/c1-3-20(2,9-10-21)22-11-12-5-4-6-13-16(12)19(28)24(18(13)27)14-7-8-15(25)23-17(14)26/h4-6,14,22H,3,7-11,21H2,1-2H3,(H,23,25,26). The van der Waals surface area contributed by atoms with E-state index in [1.165, 1.54) is 0 Å². The van der Waals surface area contributed by atoms with Gasteiger partial charge >= 0.3 is 0 Å². The number of benzene rings is 1. The van der Waals surface area contributed by atoms with Crippen molar-refractivity contribution in [1.29, 1.82) is 0 Å². The molecular formula is C20H26N4O4. The summed E-state index contributed by atoms with van der Waals surface area (Å²) in [7, 11) is 0. The fraction of sp³-hybridized carbons (Fsp3) is 0.500. The molecule has 8 nitrogen and oxygen atoms in total. The number of carbonyl (C=O) groups excluding carboxylic acids is 4. The van der Waals surface area contributed by atoms with Crippen LogP contribution in [0.25, 0.3) is 0 Å². The molecule has 2 atom stereocenters. The third-order valence-electron chi connectivity index (χ3n) is 5.74. The predicted octanol–water partition coefficient (Wildman–Crippen LogP) is 0.695. The molecule has 1 saturated heterocycles. The smallest absolute Gasteiger partial charge is 0.262 e. The van der Waals surface area contributed by atoms with Gasteiger partial charge in [-0.3, -0.25) is 29.4 Å². The number of nitrogens with zero attached hydrogens (tertiary/aromatic N) is 1. The second-order valence-corrected chi connectivity index (χ2v) is 7.59. The summed E-state index contributed by atoms with van der Waals surface area (Å²) in [5.41, 5.74) is 6.87. The molecule has 2 unspecified atom stereocenters. The average Bonchev–Trinajstić information content (AvgIpc) is 2.92. The summed E-state index contributed by atoms with van der Waals surface area (Å²) in [4.78, 5) is 50.5. The van der Waals surface area contributed by atoms with Crippen LogP contribution in [-0.4, -0.2) is 46.7 Å². The van der Waals surface area contributed by atoms with Crippen molar-refractivity contribution in [2.75, 3.05) is 6.54 Å². The van der Waals surface area contributed by atoms with Crippen molar-refractivity contribution in [2.45, 2.75) is 57.7 Å². The number of fused-ring (bicyclic) bond motifs is 1. The molecule has 0 aromatic heterocycles. The number of hydrogen-bond acceptors (Lipinski definition) is 6. The van der Waals surface area contributed by atoms with Gasteiger partial charge in [0, 0.05) is 18.5 Å². The number of nitrogens with one attached hydrogen (secondary N) is 2. The summed E-state index contributed by atoms with van der Waals surface area (Å²) in [6.45, 7) is 5.10. The average molecular weight is 386 g/mol. The van der Waals surface area contributed by atoms with E-state index >= 15 is 0 Å². The van der Waals surface area contributed by atoms with E-state index in [0.717, 1.165) is 17.7 Å². The van der Waals surface area contributed by atoms with Crippen molar-refractivity contribution in [3.63, 3.8) is 0 Å². The first kappa shape index (κ1) is 20.2. The molecule has 2 aliphatic heterocycles. The van der Waals surface area contributed by atoms with Gasteiger partial charge in [0.2, 0.25) is 11.8 Å². The Balaban J connectivity index is 1.86. The predicted molar refractivity (Wildman–Crippen MR) is 102 cm³/mol. The van der Waals surface area contributed by atoms with Gasteiger partial charge < -0.3 is 11.1 Å². The first-order chi connectivity index (χ1) is 13.3. The lowest BCUT2D eigenvalue weighted by Crippen LogP contribution is -2.54. The van der Waals surface area contributed by atoms with Crippen LogP contribution in [0.5, 0.6) is 0 Å². The van der Waals surface area contributed by atoms with Gasteiger partial charge in [0.25, 0.3) is 11.8 Å². The molecule has 1 fully saturated rings. The number of hydrogen-bond donors (Lipinski definition) is 3. The van der Waals surface area contributed by atoms with Crippen LogP contribution >= 0.6 is 0 Å². The van der Waals surface area contributed by atoms with E-state index in [2.05, 4.69) is 24.5 Å². The molecule has 0 saturated carbocycles. The van der Waals surface area contributed by atoms with Crippen molar-refractivity contribution in [3.8, 4) is 0 Å². The molecule has 150 valence electrons. The Hall–Kier alpha value is -2.58. The number of carbonyl (C=O) groups is 4. The summed E-state index contributed by atoms with van der Waals surface area (Å²) < 4.78 is 0. The van der Waals surface area contributed by atoms with Gasteiger partial charge in [0.1, 0.15) is 6.04 Å². The second kappa shape index (κ2) is 7.81. The number of rotatable bonds is 7. The highest BCUT2D eigenvalue weighted by atomic mass is 16.2. The number of amides is 4. The molecule has 3 rings (SSSR count). The zero-order valence-electron chi connectivity index (χ0n) is 16.2. The number of imide groups is 2. The van der Waals surface area contributed by atoms with Gasteiger partial charge in [0.15, 0.2) is 0 Å². The van der Waals surface area contributed by atoms with E-state index in [4.69, 9.17) is 5.73 Å². The topological polar surface area (TPSA) is 122 Å². The molecule has 2 aliphatic rings. The maximum Gasteiger partial charge on any atom is 0.262 e. The van der Waals surface area contributed by atoms with Gasteiger partial charge in [0.05, 0.1) is 11.1 Å². The molecule has 2 heterocycles. The first-order valence-corrected chi connectivity index (χ1v) is 9.60. The third kappa shape index (κ3) is 3.57. The van der Waals surface area contributed by atoms with Crippen LogP contribution in [-0.2, 0) is 16.1 Å². The van der Waals surface area contributed by atoms with Gasteiger partial charge in [-0.1, -0.05) is 19.1 Å². The zero-order valence-corrected chi connectivity index (χ0v) is 16.2. The Bertz CT molecular complexity index is 837. The lowest BCUT2D eigenvalue weighted by molar-refractivity contribution is -0.136. The third-order valence-corrected chi connectivity index (χ3v) is 5.74. The maximum absolute atomic E-state index is 13.1. The molecule has 1 aromatic carbocycles. The minimum Gasteiger partial charge on any atom is -0.330 e. The van der Waals surface area contributed by atoms with E-state index < -0.39 is 23.8 Å². The van der Waals surface area contributed by atoms with E-state index in [9.17, 15) is 19.2 Å². The highest BCUT2D eigenvalue weighted by molar-refractivity contribution is 6.24. The SMILES string of the molecule is CCC(C)(CCN)NCc1cccc2c1C(=O)N(C1CCC(=O)NC1=O)C2=O. The Morgan fingerprint density at radius 3 is 2.64 bits per heavy atom. The quantitative estimate of drug-likeness (QED) is 0.593. The molecule has 0 spiro atoms. The van der Waals surface area contributed by atoms with E-state index in [1.54, 1.807) is 12.1 Å². The van der Waals surface area contributed by atoms with Gasteiger partial charge in [-0.05, 0) is 44.4 Å². The fourth-order valence-electron chi connectivity index (χ4n) is 3.75. The Labute approximate surface area is 163 Å². The van der Waals surface area contributed by atoms with Crippen LogP contribution in [0.1, 0.15) is 65.8 Å². The molecule has 4 N–H and O–H groups in total. The molecule has 0 aliphatic carbocycles. The molecule has 0 bridgehead atoms. The van der Waals surface area contributed by atoms with Crippen molar-refractivity contribution in [1.82, 2.24) is 15.5 Å². The highest BCUT2D eigenvalue weighted by Gasteiger charge is 2.45. The van der Waals surface area contributed by atoms with Crippen LogP contribution in [0.15, 0.2) is 18.2 Å². The highest BCUT2D eigenvalue weighted by Crippen LogP contribution is 2.30. The van der Waals surface area contributed by atoms with Gasteiger partial charge in [-0.15, -0.1) is 0 Å². The normalized spacial score (nSPS) is 21.5. The molecule has 1 aromatic rings. The van der Waals surface area contributed by atoms with Crippen molar-refractivity contribution in [2.24, 2.45) is 5.73 Å². The van der Waals surface area contributed by atoms with Gasteiger partial charge in [-0.2, -0.15) is 0 Å². The summed E-state index contributed by atoms with van der Waals surface area (Å²) in [5, 5.41) is 5.66. The summed E-state index contributed by atoms with van der Waals surface area (Å²) in [6, 6.07) is 4.19. The summed E-state index contributed by atoms with van der Waals surface area (Å²) in [6.07, 6.45) is 1.91. The molecular weight excluding hydrogens is 360 g/mol.